The fourth-order valence-electron chi connectivity index (χ4n) is 2.72. The number of hydrogen-bond donors (Lipinski definition) is 2. The molecular formula is C11H22N2O2. The van der Waals surface area contributed by atoms with Crippen molar-refractivity contribution in [3.8, 4) is 0 Å². The van der Waals surface area contributed by atoms with Crippen LogP contribution in [0.25, 0.3) is 0 Å². The number of hydrazine groups is 1. The number of rotatable bonds is 3. The minimum atomic E-state index is 0.253. The quantitative estimate of drug-likeness (QED) is 0.535. The van der Waals surface area contributed by atoms with Crippen molar-refractivity contribution in [2.45, 2.75) is 38.3 Å². The lowest BCUT2D eigenvalue weighted by molar-refractivity contribution is -0.0122. The van der Waals surface area contributed by atoms with Crippen LogP contribution < -0.4 is 11.3 Å². The van der Waals surface area contributed by atoms with Crippen molar-refractivity contribution in [2.24, 2.45) is 17.7 Å². The number of ether oxygens (including phenoxy) is 2. The van der Waals surface area contributed by atoms with Crippen LogP contribution >= 0.6 is 0 Å². The monoisotopic (exact) mass is 214 g/mol. The summed E-state index contributed by atoms with van der Waals surface area (Å²) in [7, 11) is 0. The first-order chi connectivity index (χ1) is 7.33. The molecule has 0 aromatic heterocycles. The van der Waals surface area contributed by atoms with Crippen LogP contribution in [-0.2, 0) is 9.47 Å². The molecule has 0 aromatic carbocycles. The van der Waals surface area contributed by atoms with Gasteiger partial charge >= 0.3 is 0 Å². The lowest BCUT2D eigenvalue weighted by Gasteiger charge is -2.34. The Morgan fingerprint density at radius 1 is 1.33 bits per heavy atom. The van der Waals surface area contributed by atoms with Gasteiger partial charge < -0.3 is 9.47 Å². The maximum atomic E-state index is 5.77. The van der Waals surface area contributed by atoms with E-state index in [2.05, 4.69) is 12.3 Å². The number of nitrogens with two attached hydrogens (primary N) is 1. The van der Waals surface area contributed by atoms with Gasteiger partial charge in [0.25, 0.3) is 0 Å². The van der Waals surface area contributed by atoms with Crippen LogP contribution in [0.5, 0.6) is 0 Å². The molecule has 0 radical (unpaired) electrons. The molecule has 0 spiro atoms. The second-order valence-electron chi connectivity index (χ2n) is 4.77. The second-order valence-corrected chi connectivity index (χ2v) is 4.77. The molecule has 2 rings (SSSR count). The third-order valence-electron chi connectivity index (χ3n) is 3.69. The molecule has 2 fully saturated rings. The molecule has 88 valence electrons. The van der Waals surface area contributed by atoms with E-state index in [0.717, 1.165) is 32.7 Å². The van der Waals surface area contributed by atoms with Gasteiger partial charge in [-0.25, -0.2) is 0 Å². The maximum absolute atomic E-state index is 5.77. The summed E-state index contributed by atoms with van der Waals surface area (Å²) < 4.78 is 11.3. The summed E-state index contributed by atoms with van der Waals surface area (Å²) in [4.78, 5) is 0. The minimum Gasteiger partial charge on any atom is -0.381 e. The summed E-state index contributed by atoms with van der Waals surface area (Å²) in [6.45, 7) is 4.83. The van der Waals surface area contributed by atoms with E-state index >= 15 is 0 Å². The lowest BCUT2D eigenvalue weighted by atomic mass is 9.86. The van der Waals surface area contributed by atoms with Gasteiger partial charge in [-0.05, 0) is 25.2 Å². The molecule has 15 heavy (non-hydrogen) atoms. The van der Waals surface area contributed by atoms with Crippen LogP contribution in [0.4, 0.5) is 0 Å². The molecule has 3 N–H and O–H groups in total. The highest BCUT2D eigenvalue weighted by atomic mass is 16.5. The van der Waals surface area contributed by atoms with Crippen molar-refractivity contribution in [1.29, 1.82) is 0 Å². The predicted octanol–water partition coefficient (Wildman–Crippen LogP) is 0.670. The molecule has 4 unspecified atom stereocenters. The highest BCUT2D eigenvalue weighted by Crippen LogP contribution is 2.29. The second kappa shape index (κ2) is 5.25. The van der Waals surface area contributed by atoms with E-state index in [9.17, 15) is 0 Å². The summed E-state index contributed by atoms with van der Waals surface area (Å²) in [5.41, 5.74) is 2.94. The molecule has 0 aromatic rings. The topological polar surface area (TPSA) is 56.5 Å². The van der Waals surface area contributed by atoms with E-state index < -0.39 is 0 Å². The third kappa shape index (κ3) is 2.50. The normalized spacial score (nSPS) is 39.2. The number of hydrogen-bond acceptors (Lipinski definition) is 4. The summed E-state index contributed by atoms with van der Waals surface area (Å²) in [6, 6.07) is 0.253. The van der Waals surface area contributed by atoms with Gasteiger partial charge in [-0.15, -0.1) is 0 Å². The fraction of sp³-hybridized carbons (Fsp3) is 1.00. The Balaban J connectivity index is 1.95. The Morgan fingerprint density at radius 2 is 2.20 bits per heavy atom. The van der Waals surface area contributed by atoms with Crippen molar-refractivity contribution in [3.05, 3.63) is 0 Å². The zero-order chi connectivity index (χ0) is 10.7. The molecule has 0 amide bonds. The average Bonchev–Trinajstić information content (AvgIpc) is 2.68. The highest BCUT2D eigenvalue weighted by Gasteiger charge is 2.36. The fourth-order valence-corrected chi connectivity index (χ4v) is 2.72. The Hall–Kier alpha value is -0.160. The van der Waals surface area contributed by atoms with Crippen molar-refractivity contribution >= 4 is 0 Å². The SMILES string of the molecule is CC1CCOC1C(NN)C1CCCOC1. The van der Waals surface area contributed by atoms with Gasteiger partial charge in [0.15, 0.2) is 0 Å². The summed E-state index contributed by atoms with van der Waals surface area (Å²) in [5.74, 6) is 6.77. The molecule has 4 heteroatoms. The van der Waals surface area contributed by atoms with Gasteiger partial charge in [0.05, 0.1) is 18.8 Å². The van der Waals surface area contributed by atoms with Crippen molar-refractivity contribution in [3.63, 3.8) is 0 Å². The molecule has 2 aliphatic rings. The Kier molecular flexibility index (Phi) is 3.97. The van der Waals surface area contributed by atoms with Crippen LogP contribution in [0.2, 0.25) is 0 Å². The molecule has 0 bridgehead atoms. The zero-order valence-corrected chi connectivity index (χ0v) is 9.45. The van der Waals surface area contributed by atoms with E-state index in [1.54, 1.807) is 0 Å². The van der Waals surface area contributed by atoms with Crippen molar-refractivity contribution in [1.82, 2.24) is 5.43 Å². The molecule has 4 atom stereocenters. The Morgan fingerprint density at radius 3 is 2.73 bits per heavy atom. The summed E-state index contributed by atoms with van der Waals surface area (Å²) in [5, 5.41) is 0. The van der Waals surface area contributed by atoms with Gasteiger partial charge in [-0.3, -0.25) is 11.3 Å². The molecule has 0 saturated carbocycles. The first kappa shape index (κ1) is 11.3. The third-order valence-corrected chi connectivity index (χ3v) is 3.69. The molecule has 2 aliphatic heterocycles. The smallest absolute Gasteiger partial charge is 0.0771 e. The molecule has 2 saturated heterocycles. The van der Waals surface area contributed by atoms with Crippen LogP contribution in [0.3, 0.4) is 0 Å². The Labute approximate surface area is 91.5 Å². The first-order valence-corrected chi connectivity index (χ1v) is 5.98. The van der Waals surface area contributed by atoms with Crippen LogP contribution in [0.15, 0.2) is 0 Å². The predicted molar refractivity (Wildman–Crippen MR) is 58.2 cm³/mol. The van der Waals surface area contributed by atoms with E-state index in [-0.39, 0.29) is 12.1 Å². The van der Waals surface area contributed by atoms with Gasteiger partial charge in [0, 0.05) is 19.1 Å². The minimum absolute atomic E-state index is 0.253. The molecule has 2 heterocycles. The van der Waals surface area contributed by atoms with E-state index in [0.29, 0.717) is 11.8 Å². The van der Waals surface area contributed by atoms with E-state index in [1.165, 1.54) is 6.42 Å². The molecular weight excluding hydrogens is 192 g/mol. The zero-order valence-electron chi connectivity index (χ0n) is 9.45. The first-order valence-electron chi connectivity index (χ1n) is 5.98. The van der Waals surface area contributed by atoms with Gasteiger partial charge in [-0.2, -0.15) is 0 Å². The van der Waals surface area contributed by atoms with Crippen LogP contribution in [-0.4, -0.2) is 32.0 Å². The number of nitrogens with one attached hydrogen (secondary N) is 1. The molecule has 4 nitrogen and oxygen atoms in total. The summed E-state index contributed by atoms with van der Waals surface area (Å²) >= 11 is 0. The van der Waals surface area contributed by atoms with E-state index in [1.807, 2.05) is 0 Å². The van der Waals surface area contributed by atoms with Crippen molar-refractivity contribution in [2.75, 3.05) is 19.8 Å². The lowest BCUT2D eigenvalue weighted by Crippen LogP contribution is -2.52. The summed E-state index contributed by atoms with van der Waals surface area (Å²) in [6.07, 6.45) is 3.75. The van der Waals surface area contributed by atoms with Crippen LogP contribution in [0, 0.1) is 11.8 Å². The average molecular weight is 214 g/mol. The van der Waals surface area contributed by atoms with Gasteiger partial charge in [0.1, 0.15) is 0 Å². The van der Waals surface area contributed by atoms with Gasteiger partial charge in [0.2, 0.25) is 0 Å². The largest absolute Gasteiger partial charge is 0.381 e. The highest BCUT2D eigenvalue weighted by molar-refractivity contribution is 4.89. The van der Waals surface area contributed by atoms with Crippen LogP contribution in [0.1, 0.15) is 26.2 Å². The maximum Gasteiger partial charge on any atom is 0.0771 e. The van der Waals surface area contributed by atoms with Gasteiger partial charge in [-0.1, -0.05) is 6.92 Å². The standard InChI is InChI=1S/C11H22N2O2/c1-8-4-6-15-11(8)10(13-12)9-3-2-5-14-7-9/h8-11,13H,2-7,12H2,1H3. The van der Waals surface area contributed by atoms with Crippen molar-refractivity contribution < 1.29 is 9.47 Å². The van der Waals surface area contributed by atoms with E-state index in [4.69, 9.17) is 15.3 Å². The molecule has 0 aliphatic carbocycles. The Bertz CT molecular complexity index is 195.